The second kappa shape index (κ2) is 4.65. The molecule has 1 aromatic rings. The van der Waals surface area contributed by atoms with Crippen LogP contribution in [-0.2, 0) is 6.54 Å². The van der Waals surface area contributed by atoms with Gasteiger partial charge in [-0.05, 0) is 12.0 Å². The number of hydrogen-bond acceptors (Lipinski definition) is 3. The molecule has 80 valence electrons. The molecule has 15 heavy (non-hydrogen) atoms. The number of pyridine rings is 1. The minimum absolute atomic E-state index is 0.0700. The SMILES string of the molecule is COc1ccn(CC(C)C)c(=O)c1C#N. The van der Waals surface area contributed by atoms with Crippen molar-refractivity contribution in [3.05, 3.63) is 28.2 Å². The fourth-order valence-electron chi connectivity index (χ4n) is 1.37. The molecule has 1 aromatic heterocycles. The first-order valence-corrected chi connectivity index (χ1v) is 4.77. The van der Waals surface area contributed by atoms with Gasteiger partial charge in [-0.3, -0.25) is 4.79 Å². The molecule has 0 amide bonds. The maximum atomic E-state index is 11.8. The van der Waals surface area contributed by atoms with Crippen molar-refractivity contribution in [3.8, 4) is 11.8 Å². The number of ether oxygens (including phenoxy) is 1. The fourth-order valence-corrected chi connectivity index (χ4v) is 1.37. The summed E-state index contributed by atoms with van der Waals surface area (Å²) in [5, 5.41) is 8.85. The van der Waals surface area contributed by atoms with Crippen LogP contribution in [0, 0.1) is 17.2 Å². The number of hydrogen-bond donors (Lipinski definition) is 0. The fraction of sp³-hybridized carbons (Fsp3) is 0.455. The highest BCUT2D eigenvalue weighted by molar-refractivity contribution is 5.40. The van der Waals surface area contributed by atoms with E-state index >= 15 is 0 Å². The third-order valence-electron chi connectivity index (χ3n) is 2.02. The summed E-state index contributed by atoms with van der Waals surface area (Å²) in [6.07, 6.45) is 1.65. The van der Waals surface area contributed by atoms with E-state index in [1.54, 1.807) is 12.3 Å². The zero-order chi connectivity index (χ0) is 11.4. The summed E-state index contributed by atoms with van der Waals surface area (Å²) < 4.78 is 6.47. The van der Waals surface area contributed by atoms with Crippen molar-refractivity contribution in [2.24, 2.45) is 5.92 Å². The summed E-state index contributed by atoms with van der Waals surface area (Å²) in [5.41, 5.74) is -0.216. The van der Waals surface area contributed by atoms with Gasteiger partial charge in [-0.2, -0.15) is 5.26 Å². The van der Waals surface area contributed by atoms with Crippen LogP contribution >= 0.6 is 0 Å². The molecule has 1 heterocycles. The van der Waals surface area contributed by atoms with Crippen molar-refractivity contribution in [3.63, 3.8) is 0 Å². The van der Waals surface area contributed by atoms with E-state index in [-0.39, 0.29) is 11.1 Å². The summed E-state index contributed by atoms with van der Waals surface area (Å²) in [7, 11) is 1.45. The van der Waals surface area contributed by atoms with Gasteiger partial charge in [0.2, 0.25) is 0 Å². The lowest BCUT2D eigenvalue weighted by Gasteiger charge is -2.10. The predicted molar refractivity (Wildman–Crippen MR) is 56.8 cm³/mol. The molecule has 1 rings (SSSR count). The molecule has 0 aromatic carbocycles. The predicted octanol–water partition coefficient (Wildman–Crippen LogP) is 1.38. The monoisotopic (exact) mass is 206 g/mol. The Labute approximate surface area is 88.7 Å². The standard InChI is InChI=1S/C11H14N2O2/c1-8(2)7-13-5-4-10(15-3)9(6-12)11(13)14/h4-5,8H,7H2,1-3H3. The topological polar surface area (TPSA) is 55.0 Å². The van der Waals surface area contributed by atoms with E-state index in [1.165, 1.54) is 11.7 Å². The minimum atomic E-state index is -0.287. The summed E-state index contributed by atoms with van der Waals surface area (Å²) in [4.78, 5) is 11.8. The van der Waals surface area contributed by atoms with E-state index in [1.807, 2.05) is 19.9 Å². The normalized spacial score (nSPS) is 10.1. The lowest BCUT2D eigenvalue weighted by molar-refractivity contribution is 0.408. The Bertz CT molecular complexity index is 441. The lowest BCUT2D eigenvalue weighted by Crippen LogP contribution is -2.24. The molecular formula is C11H14N2O2. The van der Waals surface area contributed by atoms with E-state index in [9.17, 15) is 4.79 Å². The smallest absolute Gasteiger partial charge is 0.272 e. The highest BCUT2D eigenvalue weighted by Crippen LogP contribution is 2.12. The molecule has 0 bridgehead atoms. The Morgan fingerprint density at radius 2 is 2.27 bits per heavy atom. The van der Waals surface area contributed by atoms with Crippen LogP contribution in [-0.4, -0.2) is 11.7 Å². The van der Waals surface area contributed by atoms with E-state index in [4.69, 9.17) is 10.00 Å². The van der Waals surface area contributed by atoms with Gasteiger partial charge in [-0.1, -0.05) is 13.8 Å². The third kappa shape index (κ3) is 2.38. The molecule has 0 aliphatic carbocycles. The average molecular weight is 206 g/mol. The number of aromatic nitrogens is 1. The van der Waals surface area contributed by atoms with Gasteiger partial charge in [0.15, 0.2) is 5.56 Å². The first kappa shape index (κ1) is 11.3. The number of methoxy groups -OCH3 is 1. The van der Waals surface area contributed by atoms with E-state index in [0.717, 1.165) is 0 Å². The van der Waals surface area contributed by atoms with Crippen LogP contribution in [0.5, 0.6) is 5.75 Å². The molecule has 0 spiro atoms. The zero-order valence-electron chi connectivity index (χ0n) is 9.15. The molecule has 0 atom stereocenters. The van der Waals surface area contributed by atoms with Crippen molar-refractivity contribution in [1.82, 2.24) is 4.57 Å². The Morgan fingerprint density at radius 1 is 1.60 bits per heavy atom. The molecule has 0 unspecified atom stereocenters. The molecular weight excluding hydrogens is 192 g/mol. The zero-order valence-corrected chi connectivity index (χ0v) is 9.15. The average Bonchev–Trinajstić information content (AvgIpc) is 2.20. The first-order valence-electron chi connectivity index (χ1n) is 4.77. The van der Waals surface area contributed by atoms with Gasteiger partial charge in [-0.25, -0.2) is 0 Å². The summed E-state index contributed by atoms with van der Waals surface area (Å²) in [5.74, 6) is 0.699. The minimum Gasteiger partial charge on any atom is -0.495 e. The maximum Gasteiger partial charge on any atom is 0.272 e. The number of rotatable bonds is 3. The molecule has 4 nitrogen and oxygen atoms in total. The summed E-state index contributed by atoms with van der Waals surface area (Å²) in [6, 6.07) is 3.51. The first-order chi connectivity index (χ1) is 7.10. The Balaban J connectivity index is 3.25. The highest BCUT2D eigenvalue weighted by Gasteiger charge is 2.10. The van der Waals surface area contributed by atoms with Crippen LogP contribution in [0.25, 0.3) is 0 Å². The molecule has 0 aliphatic heterocycles. The van der Waals surface area contributed by atoms with Crippen LogP contribution in [0.15, 0.2) is 17.1 Å². The molecule has 0 N–H and O–H groups in total. The van der Waals surface area contributed by atoms with Gasteiger partial charge in [0, 0.05) is 12.7 Å². The lowest BCUT2D eigenvalue weighted by atomic mass is 10.2. The second-order valence-corrected chi connectivity index (χ2v) is 3.72. The van der Waals surface area contributed by atoms with Gasteiger partial charge < -0.3 is 9.30 Å². The van der Waals surface area contributed by atoms with Gasteiger partial charge in [0.25, 0.3) is 5.56 Å². The summed E-state index contributed by atoms with van der Waals surface area (Å²) in [6.45, 7) is 4.64. The van der Waals surface area contributed by atoms with E-state index < -0.39 is 0 Å². The molecule has 0 aliphatic rings. The Morgan fingerprint density at radius 3 is 2.73 bits per heavy atom. The number of nitriles is 1. The molecule has 0 saturated carbocycles. The largest absolute Gasteiger partial charge is 0.495 e. The van der Waals surface area contributed by atoms with Gasteiger partial charge in [-0.15, -0.1) is 0 Å². The molecule has 0 fully saturated rings. The van der Waals surface area contributed by atoms with E-state index in [2.05, 4.69) is 0 Å². The molecule has 0 radical (unpaired) electrons. The van der Waals surface area contributed by atoms with Crippen LogP contribution in [0.1, 0.15) is 19.4 Å². The third-order valence-corrected chi connectivity index (χ3v) is 2.02. The summed E-state index contributed by atoms with van der Waals surface area (Å²) >= 11 is 0. The molecule has 4 heteroatoms. The van der Waals surface area contributed by atoms with Crippen molar-refractivity contribution in [2.45, 2.75) is 20.4 Å². The van der Waals surface area contributed by atoms with E-state index in [0.29, 0.717) is 18.2 Å². The van der Waals surface area contributed by atoms with Crippen LogP contribution in [0.3, 0.4) is 0 Å². The van der Waals surface area contributed by atoms with Crippen molar-refractivity contribution in [2.75, 3.05) is 7.11 Å². The Kier molecular flexibility index (Phi) is 3.51. The van der Waals surface area contributed by atoms with Crippen molar-refractivity contribution in [1.29, 1.82) is 5.26 Å². The maximum absolute atomic E-state index is 11.8. The van der Waals surface area contributed by atoms with Crippen molar-refractivity contribution >= 4 is 0 Å². The Hall–Kier alpha value is -1.76. The van der Waals surface area contributed by atoms with Gasteiger partial charge >= 0.3 is 0 Å². The highest BCUT2D eigenvalue weighted by atomic mass is 16.5. The molecule has 0 saturated heterocycles. The number of nitrogens with zero attached hydrogens (tertiary/aromatic N) is 2. The van der Waals surface area contributed by atoms with Crippen LogP contribution in [0.4, 0.5) is 0 Å². The van der Waals surface area contributed by atoms with Crippen LogP contribution in [0.2, 0.25) is 0 Å². The van der Waals surface area contributed by atoms with Crippen molar-refractivity contribution < 1.29 is 4.74 Å². The van der Waals surface area contributed by atoms with Gasteiger partial charge in [0.05, 0.1) is 7.11 Å². The van der Waals surface area contributed by atoms with Crippen LogP contribution < -0.4 is 10.3 Å². The quantitative estimate of drug-likeness (QED) is 0.750. The second-order valence-electron chi connectivity index (χ2n) is 3.72. The van der Waals surface area contributed by atoms with Gasteiger partial charge in [0.1, 0.15) is 11.8 Å².